The zero-order valence-electron chi connectivity index (χ0n) is 15.2. The highest BCUT2D eigenvalue weighted by atomic mass is 16.2. The van der Waals surface area contributed by atoms with E-state index in [-0.39, 0.29) is 6.03 Å². The van der Waals surface area contributed by atoms with Gasteiger partial charge in [-0.05, 0) is 48.7 Å². The van der Waals surface area contributed by atoms with Gasteiger partial charge in [0.25, 0.3) is 0 Å². The van der Waals surface area contributed by atoms with E-state index < -0.39 is 5.54 Å². The highest BCUT2D eigenvalue weighted by Gasteiger charge is 2.44. The van der Waals surface area contributed by atoms with Gasteiger partial charge in [-0.1, -0.05) is 37.5 Å². The molecule has 0 aliphatic heterocycles. The fraction of sp³-hybridized carbons (Fsp3) is 0.556. The largest absolute Gasteiger partial charge is 0.338 e. The van der Waals surface area contributed by atoms with Gasteiger partial charge in [0.05, 0.1) is 5.69 Å². The summed E-state index contributed by atoms with van der Waals surface area (Å²) in [5.74, 6) is 0.746. The average Bonchev–Trinajstić information content (AvgIpc) is 3.12. The first-order valence-electron chi connectivity index (χ1n) is 8.96. The van der Waals surface area contributed by atoms with E-state index in [1.165, 1.54) is 6.42 Å². The van der Waals surface area contributed by atoms with Crippen LogP contribution in [0, 0.1) is 6.92 Å². The van der Waals surface area contributed by atoms with Crippen LogP contribution in [0.3, 0.4) is 0 Å². The number of nitrogens with zero attached hydrogens (tertiary/aromatic N) is 5. The maximum Gasteiger partial charge on any atom is 0.317 e. The summed E-state index contributed by atoms with van der Waals surface area (Å²) in [5, 5.41) is 15.5. The molecule has 1 N–H and O–H groups in total. The summed E-state index contributed by atoms with van der Waals surface area (Å²) in [6.45, 7) is 4.57. The maximum atomic E-state index is 12.6. The lowest BCUT2D eigenvalue weighted by atomic mass is 9.79. The van der Waals surface area contributed by atoms with Crippen molar-refractivity contribution in [1.29, 1.82) is 0 Å². The summed E-state index contributed by atoms with van der Waals surface area (Å²) in [6, 6.07) is 7.96. The molecular weight excluding hydrogens is 316 g/mol. The highest BCUT2D eigenvalue weighted by Crippen LogP contribution is 2.41. The number of tetrazole rings is 1. The molecule has 1 aliphatic carbocycles. The van der Waals surface area contributed by atoms with Gasteiger partial charge in [-0.15, -0.1) is 5.10 Å². The van der Waals surface area contributed by atoms with Gasteiger partial charge < -0.3 is 10.2 Å². The Balaban J connectivity index is 2.08. The van der Waals surface area contributed by atoms with E-state index in [1.54, 1.807) is 9.58 Å². The third kappa shape index (κ3) is 3.10. The second-order valence-electron chi connectivity index (χ2n) is 6.69. The van der Waals surface area contributed by atoms with E-state index in [4.69, 9.17) is 0 Å². The molecule has 1 aromatic heterocycles. The fourth-order valence-corrected chi connectivity index (χ4v) is 3.75. The number of urea groups is 1. The molecule has 1 aromatic carbocycles. The van der Waals surface area contributed by atoms with E-state index in [0.29, 0.717) is 6.54 Å². The molecule has 7 nitrogen and oxygen atoms in total. The third-order valence-electron chi connectivity index (χ3n) is 5.18. The monoisotopic (exact) mass is 342 g/mol. The summed E-state index contributed by atoms with van der Waals surface area (Å²) < 4.78 is 1.80. The van der Waals surface area contributed by atoms with Crippen LogP contribution in [0.1, 0.15) is 50.4 Å². The van der Waals surface area contributed by atoms with Crippen LogP contribution in [0.2, 0.25) is 0 Å². The number of aromatic nitrogens is 4. The Labute approximate surface area is 148 Å². The van der Waals surface area contributed by atoms with Crippen LogP contribution in [-0.4, -0.2) is 44.7 Å². The first-order chi connectivity index (χ1) is 12.1. The molecule has 25 heavy (non-hydrogen) atoms. The number of hydrogen-bond acceptors (Lipinski definition) is 4. The van der Waals surface area contributed by atoms with Crippen molar-refractivity contribution in [2.75, 3.05) is 13.6 Å². The molecule has 0 bridgehead atoms. The van der Waals surface area contributed by atoms with Gasteiger partial charge >= 0.3 is 6.03 Å². The number of para-hydroxylation sites is 1. The van der Waals surface area contributed by atoms with E-state index in [9.17, 15) is 4.79 Å². The molecule has 134 valence electrons. The molecule has 1 saturated carbocycles. The average molecular weight is 342 g/mol. The minimum atomic E-state index is -0.483. The molecule has 2 aromatic rings. The molecule has 2 amide bonds. The smallest absolute Gasteiger partial charge is 0.317 e. The van der Waals surface area contributed by atoms with E-state index >= 15 is 0 Å². The SMILES string of the molecule is CCNC(=O)N(C)C1(c2nnnn2-c2ccccc2C)CCCCC1. The molecular formula is C18H26N6O. The first kappa shape index (κ1) is 17.4. The second-order valence-corrected chi connectivity index (χ2v) is 6.69. The van der Waals surface area contributed by atoms with Gasteiger partial charge in [0.2, 0.25) is 0 Å². The highest BCUT2D eigenvalue weighted by molar-refractivity contribution is 5.75. The van der Waals surface area contributed by atoms with Gasteiger partial charge in [0.15, 0.2) is 5.82 Å². The number of carbonyl (C=O) groups is 1. The number of rotatable bonds is 4. The van der Waals surface area contributed by atoms with Gasteiger partial charge in [0.1, 0.15) is 5.54 Å². The Hall–Kier alpha value is -2.44. The minimum Gasteiger partial charge on any atom is -0.338 e. The molecule has 3 rings (SSSR count). The molecule has 0 radical (unpaired) electrons. The zero-order valence-corrected chi connectivity index (χ0v) is 15.2. The van der Waals surface area contributed by atoms with Crippen LogP contribution < -0.4 is 5.32 Å². The Bertz CT molecular complexity index is 735. The summed E-state index contributed by atoms with van der Waals surface area (Å²) in [7, 11) is 1.85. The molecule has 1 aliphatic rings. The van der Waals surface area contributed by atoms with E-state index in [0.717, 1.165) is 42.8 Å². The van der Waals surface area contributed by atoms with Crippen LogP contribution >= 0.6 is 0 Å². The van der Waals surface area contributed by atoms with Crippen molar-refractivity contribution in [1.82, 2.24) is 30.4 Å². The van der Waals surface area contributed by atoms with Crippen molar-refractivity contribution in [3.05, 3.63) is 35.7 Å². The maximum absolute atomic E-state index is 12.6. The lowest BCUT2D eigenvalue weighted by Gasteiger charge is -2.43. The van der Waals surface area contributed by atoms with Crippen molar-refractivity contribution < 1.29 is 4.79 Å². The Morgan fingerprint density at radius 1 is 1.28 bits per heavy atom. The van der Waals surface area contributed by atoms with Crippen LogP contribution in [0.15, 0.2) is 24.3 Å². The Morgan fingerprint density at radius 3 is 2.68 bits per heavy atom. The van der Waals surface area contributed by atoms with Crippen molar-refractivity contribution in [2.45, 2.75) is 51.5 Å². The lowest BCUT2D eigenvalue weighted by Crippen LogP contribution is -2.53. The summed E-state index contributed by atoms with van der Waals surface area (Å²) in [4.78, 5) is 14.4. The molecule has 0 unspecified atom stereocenters. The van der Waals surface area contributed by atoms with Gasteiger partial charge in [0, 0.05) is 13.6 Å². The van der Waals surface area contributed by atoms with Crippen LogP contribution in [0.5, 0.6) is 0 Å². The first-order valence-corrected chi connectivity index (χ1v) is 8.96. The Morgan fingerprint density at radius 2 is 2.00 bits per heavy atom. The number of hydrogen-bond donors (Lipinski definition) is 1. The fourth-order valence-electron chi connectivity index (χ4n) is 3.75. The normalized spacial score (nSPS) is 16.4. The number of carbonyl (C=O) groups excluding carboxylic acids is 1. The summed E-state index contributed by atoms with van der Waals surface area (Å²) in [6.07, 6.45) is 5.03. The van der Waals surface area contributed by atoms with Gasteiger partial charge in [-0.3, -0.25) is 0 Å². The number of amides is 2. The van der Waals surface area contributed by atoms with E-state index in [2.05, 4.69) is 20.8 Å². The predicted molar refractivity (Wildman–Crippen MR) is 95.5 cm³/mol. The Kier molecular flexibility index (Phi) is 5.01. The molecule has 1 heterocycles. The van der Waals surface area contributed by atoms with Crippen LogP contribution in [-0.2, 0) is 5.54 Å². The molecule has 0 spiro atoms. The molecule has 0 saturated heterocycles. The predicted octanol–water partition coefficient (Wildman–Crippen LogP) is 2.79. The minimum absolute atomic E-state index is 0.0799. The van der Waals surface area contributed by atoms with Crippen molar-refractivity contribution in [2.24, 2.45) is 0 Å². The molecule has 7 heteroatoms. The summed E-state index contributed by atoms with van der Waals surface area (Å²) >= 11 is 0. The van der Waals surface area contributed by atoms with Crippen LogP contribution in [0.25, 0.3) is 5.69 Å². The third-order valence-corrected chi connectivity index (χ3v) is 5.18. The number of aryl methyl sites for hydroxylation is 1. The second kappa shape index (κ2) is 7.21. The van der Waals surface area contributed by atoms with Crippen molar-refractivity contribution >= 4 is 6.03 Å². The molecule has 1 fully saturated rings. The van der Waals surface area contributed by atoms with Gasteiger partial charge in [-0.2, -0.15) is 4.68 Å². The van der Waals surface area contributed by atoms with Gasteiger partial charge in [-0.25, -0.2) is 4.79 Å². The van der Waals surface area contributed by atoms with Crippen LogP contribution in [0.4, 0.5) is 4.79 Å². The van der Waals surface area contributed by atoms with Crippen molar-refractivity contribution in [3.8, 4) is 5.69 Å². The lowest BCUT2D eigenvalue weighted by molar-refractivity contribution is 0.0865. The summed E-state index contributed by atoms with van der Waals surface area (Å²) in [5.41, 5.74) is 1.57. The zero-order chi connectivity index (χ0) is 17.9. The van der Waals surface area contributed by atoms with E-state index in [1.807, 2.05) is 45.2 Å². The number of benzene rings is 1. The quantitative estimate of drug-likeness (QED) is 0.927. The standard InChI is InChI=1S/C18H26N6O/c1-4-19-17(25)23(3)18(12-8-5-9-13-18)16-20-21-22-24(16)15-11-7-6-10-14(15)2/h6-7,10-11H,4-5,8-9,12-13H2,1-3H3,(H,19,25). The molecule has 0 atom stereocenters. The topological polar surface area (TPSA) is 75.9 Å². The number of nitrogens with one attached hydrogen (secondary N) is 1. The van der Waals surface area contributed by atoms with Crippen molar-refractivity contribution in [3.63, 3.8) is 0 Å².